The van der Waals surface area contributed by atoms with Crippen molar-refractivity contribution in [2.45, 2.75) is 5.03 Å². The molecule has 0 amide bonds. The molecule has 1 fully saturated rings. The highest BCUT2D eigenvalue weighted by molar-refractivity contribution is 7.89. The number of hydrogen-bond acceptors (Lipinski definition) is 5. The van der Waals surface area contributed by atoms with Crippen LogP contribution in [0.15, 0.2) is 40.9 Å². The van der Waals surface area contributed by atoms with E-state index in [-0.39, 0.29) is 5.03 Å². The average Bonchev–Trinajstić information content (AvgIpc) is 2.99. The van der Waals surface area contributed by atoms with Crippen molar-refractivity contribution in [1.29, 1.82) is 0 Å². The first-order chi connectivity index (χ1) is 9.69. The molecule has 106 valence electrons. The standard InChI is InChI=1S/C13H14N2O3S2/c16-20(17,15-6-8-18-9-7-15)13-12(19-10-14-13)11-4-2-1-3-5-11/h1-5,10H,6-9H2. The molecule has 2 aromatic rings. The Morgan fingerprint density at radius 2 is 1.85 bits per heavy atom. The largest absolute Gasteiger partial charge is 0.379 e. The monoisotopic (exact) mass is 310 g/mol. The topological polar surface area (TPSA) is 59.5 Å². The van der Waals surface area contributed by atoms with Crippen LogP contribution in [0, 0.1) is 0 Å². The maximum absolute atomic E-state index is 12.7. The zero-order valence-corrected chi connectivity index (χ0v) is 12.4. The van der Waals surface area contributed by atoms with E-state index in [9.17, 15) is 8.42 Å². The third kappa shape index (κ3) is 2.49. The average molecular weight is 310 g/mol. The van der Waals surface area contributed by atoms with Crippen molar-refractivity contribution in [3.05, 3.63) is 35.8 Å². The zero-order valence-electron chi connectivity index (χ0n) is 10.7. The van der Waals surface area contributed by atoms with Gasteiger partial charge in [0.25, 0.3) is 10.0 Å². The van der Waals surface area contributed by atoms with Gasteiger partial charge in [-0.3, -0.25) is 0 Å². The lowest BCUT2D eigenvalue weighted by molar-refractivity contribution is 0.0729. The molecule has 1 saturated heterocycles. The van der Waals surface area contributed by atoms with Crippen LogP contribution in [0.25, 0.3) is 10.4 Å². The minimum atomic E-state index is -3.54. The van der Waals surface area contributed by atoms with E-state index in [1.165, 1.54) is 15.6 Å². The number of sulfonamides is 1. The van der Waals surface area contributed by atoms with Crippen molar-refractivity contribution in [3.8, 4) is 10.4 Å². The van der Waals surface area contributed by atoms with E-state index in [4.69, 9.17) is 4.74 Å². The van der Waals surface area contributed by atoms with E-state index >= 15 is 0 Å². The molecular weight excluding hydrogens is 296 g/mol. The molecular formula is C13H14N2O3S2. The Kier molecular flexibility index (Phi) is 3.84. The molecule has 20 heavy (non-hydrogen) atoms. The molecule has 0 unspecified atom stereocenters. The number of nitrogens with zero attached hydrogens (tertiary/aromatic N) is 2. The van der Waals surface area contributed by atoms with Crippen LogP contribution in [-0.2, 0) is 14.8 Å². The maximum Gasteiger partial charge on any atom is 0.262 e. The predicted molar refractivity (Wildman–Crippen MR) is 77.1 cm³/mol. The fraction of sp³-hybridized carbons (Fsp3) is 0.308. The van der Waals surface area contributed by atoms with Crippen molar-refractivity contribution in [3.63, 3.8) is 0 Å². The highest BCUT2D eigenvalue weighted by Gasteiger charge is 2.30. The van der Waals surface area contributed by atoms with Crippen molar-refractivity contribution in [1.82, 2.24) is 9.29 Å². The van der Waals surface area contributed by atoms with Crippen molar-refractivity contribution in [2.24, 2.45) is 0 Å². The van der Waals surface area contributed by atoms with Crippen LogP contribution in [0.5, 0.6) is 0 Å². The lowest BCUT2D eigenvalue weighted by Crippen LogP contribution is -2.40. The lowest BCUT2D eigenvalue weighted by Gasteiger charge is -2.25. The van der Waals surface area contributed by atoms with Gasteiger partial charge in [-0.2, -0.15) is 4.31 Å². The van der Waals surface area contributed by atoms with Crippen LogP contribution in [0.1, 0.15) is 0 Å². The molecule has 1 aliphatic heterocycles. The number of aromatic nitrogens is 1. The van der Waals surface area contributed by atoms with E-state index in [0.29, 0.717) is 31.2 Å². The van der Waals surface area contributed by atoms with Crippen LogP contribution in [0.3, 0.4) is 0 Å². The molecule has 1 aromatic heterocycles. The summed E-state index contributed by atoms with van der Waals surface area (Å²) in [4.78, 5) is 4.78. The molecule has 1 aliphatic rings. The van der Waals surface area contributed by atoms with Gasteiger partial charge in [0, 0.05) is 13.1 Å². The molecule has 0 radical (unpaired) electrons. The number of benzene rings is 1. The second kappa shape index (κ2) is 5.61. The summed E-state index contributed by atoms with van der Waals surface area (Å²) in [5.41, 5.74) is 2.46. The summed E-state index contributed by atoms with van der Waals surface area (Å²) in [6.07, 6.45) is 0. The minimum absolute atomic E-state index is 0.149. The highest BCUT2D eigenvalue weighted by Crippen LogP contribution is 2.32. The Balaban J connectivity index is 2.01. The van der Waals surface area contributed by atoms with Gasteiger partial charge in [0.05, 0.1) is 23.6 Å². The molecule has 0 saturated carbocycles. The Bertz CT molecular complexity index is 677. The smallest absolute Gasteiger partial charge is 0.262 e. The summed E-state index contributed by atoms with van der Waals surface area (Å²) in [6.45, 7) is 1.64. The molecule has 0 atom stereocenters. The summed E-state index contributed by atoms with van der Waals surface area (Å²) < 4.78 is 32.0. The molecule has 3 rings (SSSR count). The molecule has 0 aliphatic carbocycles. The van der Waals surface area contributed by atoms with Crippen molar-refractivity contribution >= 4 is 21.4 Å². The second-order valence-electron chi connectivity index (χ2n) is 4.37. The fourth-order valence-corrected chi connectivity index (χ4v) is 4.74. The molecule has 0 bridgehead atoms. The normalized spacial score (nSPS) is 17.2. The van der Waals surface area contributed by atoms with Gasteiger partial charge in [-0.15, -0.1) is 11.3 Å². The van der Waals surface area contributed by atoms with Crippen LogP contribution in [0.2, 0.25) is 0 Å². The van der Waals surface area contributed by atoms with Crippen LogP contribution >= 0.6 is 11.3 Å². The number of hydrogen-bond donors (Lipinski definition) is 0. The molecule has 0 spiro atoms. The minimum Gasteiger partial charge on any atom is -0.379 e. The number of morpholine rings is 1. The van der Waals surface area contributed by atoms with Gasteiger partial charge in [-0.25, -0.2) is 13.4 Å². The van der Waals surface area contributed by atoms with Gasteiger partial charge in [-0.1, -0.05) is 30.3 Å². The summed E-state index contributed by atoms with van der Waals surface area (Å²) >= 11 is 1.35. The fourth-order valence-electron chi connectivity index (χ4n) is 2.11. The summed E-state index contributed by atoms with van der Waals surface area (Å²) in [7, 11) is -3.54. The van der Waals surface area contributed by atoms with Gasteiger partial charge in [-0.05, 0) is 5.56 Å². The van der Waals surface area contributed by atoms with Gasteiger partial charge >= 0.3 is 0 Å². The first kappa shape index (κ1) is 13.7. The molecule has 2 heterocycles. The molecule has 0 N–H and O–H groups in total. The highest BCUT2D eigenvalue weighted by atomic mass is 32.2. The van der Waals surface area contributed by atoms with E-state index in [1.807, 2.05) is 30.3 Å². The summed E-state index contributed by atoms with van der Waals surface area (Å²) in [6, 6.07) is 9.47. The van der Waals surface area contributed by atoms with Gasteiger partial charge in [0.1, 0.15) is 0 Å². The molecule has 5 nitrogen and oxygen atoms in total. The Morgan fingerprint density at radius 1 is 1.15 bits per heavy atom. The van der Waals surface area contributed by atoms with Crippen LogP contribution < -0.4 is 0 Å². The van der Waals surface area contributed by atoms with Crippen molar-refractivity contribution in [2.75, 3.05) is 26.3 Å². The van der Waals surface area contributed by atoms with Crippen molar-refractivity contribution < 1.29 is 13.2 Å². The third-order valence-electron chi connectivity index (χ3n) is 3.13. The van der Waals surface area contributed by atoms with E-state index in [0.717, 1.165) is 5.56 Å². The van der Waals surface area contributed by atoms with Crippen LogP contribution in [-0.4, -0.2) is 44.0 Å². The zero-order chi connectivity index (χ0) is 14.0. The van der Waals surface area contributed by atoms with Gasteiger partial charge < -0.3 is 4.74 Å². The number of ether oxygens (including phenoxy) is 1. The second-order valence-corrected chi connectivity index (χ2v) is 7.08. The van der Waals surface area contributed by atoms with E-state index in [1.54, 1.807) is 5.51 Å². The summed E-state index contributed by atoms with van der Waals surface area (Å²) in [5, 5.41) is 0.149. The van der Waals surface area contributed by atoms with Gasteiger partial charge in [0.15, 0.2) is 5.03 Å². The Morgan fingerprint density at radius 3 is 2.55 bits per heavy atom. The molecule has 7 heteroatoms. The Labute approximate surface area is 121 Å². The van der Waals surface area contributed by atoms with Crippen LogP contribution in [0.4, 0.5) is 0 Å². The Hall–Kier alpha value is -1.28. The first-order valence-corrected chi connectivity index (χ1v) is 8.58. The summed E-state index contributed by atoms with van der Waals surface area (Å²) in [5.74, 6) is 0. The van der Waals surface area contributed by atoms with E-state index < -0.39 is 10.0 Å². The van der Waals surface area contributed by atoms with E-state index in [2.05, 4.69) is 4.98 Å². The quantitative estimate of drug-likeness (QED) is 0.868. The lowest BCUT2D eigenvalue weighted by atomic mass is 10.2. The number of rotatable bonds is 3. The number of thiazole rings is 1. The SMILES string of the molecule is O=S(=O)(c1ncsc1-c1ccccc1)N1CCOCC1. The first-order valence-electron chi connectivity index (χ1n) is 6.26. The predicted octanol–water partition coefficient (Wildman–Crippen LogP) is 1.83. The maximum atomic E-state index is 12.7. The third-order valence-corrected chi connectivity index (χ3v) is 5.97. The van der Waals surface area contributed by atoms with Gasteiger partial charge in [0.2, 0.25) is 0 Å². The molecule has 1 aromatic carbocycles.